The van der Waals surface area contributed by atoms with Crippen LogP contribution in [-0.2, 0) is 0 Å². The average Bonchev–Trinajstić information content (AvgIpc) is 1.99. The molecule has 0 spiro atoms. The first kappa shape index (κ1) is 12.5. The lowest BCUT2D eigenvalue weighted by molar-refractivity contribution is 0.0163. The lowest BCUT2D eigenvalue weighted by atomic mass is 9.51. The molecule has 0 aromatic heterocycles. The molecule has 0 aromatic carbocycles. The van der Waals surface area contributed by atoms with Crippen LogP contribution in [0.2, 0.25) is 0 Å². The highest BCUT2D eigenvalue weighted by Gasteiger charge is 2.48. The number of hydrogen-bond acceptors (Lipinski definition) is 0. The van der Waals surface area contributed by atoms with Gasteiger partial charge < -0.3 is 0 Å². The van der Waals surface area contributed by atoms with Crippen molar-refractivity contribution in [3.05, 3.63) is 23.8 Å². The van der Waals surface area contributed by atoms with Crippen LogP contribution in [0, 0.1) is 16.2 Å². The molecule has 1 aliphatic carbocycles. The van der Waals surface area contributed by atoms with Crippen molar-refractivity contribution in [3.8, 4) is 0 Å². The minimum atomic E-state index is 0.277. The zero-order valence-corrected chi connectivity index (χ0v) is 11.4. The van der Waals surface area contributed by atoms with Crippen molar-refractivity contribution in [1.29, 1.82) is 0 Å². The van der Waals surface area contributed by atoms with Gasteiger partial charge in [0.1, 0.15) is 0 Å². The molecule has 0 fully saturated rings. The fourth-order valence-electron chi connectivity index (χ4n) is 3.09. The van der Waals surface area contributed by atoms with E-state index in [-0.39, 0.29) is 5.41 Å². The zero-order valence-electron chi connectivity index (χ0n) is 11.4. The van der Waals surface area contributed by atoms with Gasteiger partial charge in [0.15, 0.2) is 0 Å². The third-order valence-electron chi connectivity index (χ3n) is 4.00. The maximum atomic E-state index is 2.43. The van der Waals surface area contributed by atoms with Crippen molar-refractivity contribution in [2.24, 2.45) is 16.2 Å². The highest BCUT2D eigenvalue weighted by molar-refractivity contribution is 5.27. The van der Waals surface area contributed by atoms with Crippen molar-refractivity contribution in [2.45, 2.75) is 54.9 Å². The Morgan fingerprint density at radius 2 is 1.47 bits per heavy atom. The summed E-state index contributed by atoms with van der Waals surface area (Å²) in [5.74, 6) is 0. The summed E-state index contributed by atoms with van der Waals surface area (Å²) in [5.41, 5.74) is 2.38. The quantitative estimate of drug-likeness (QED) is 0.525. The van der Waals surface area contributed by atoms with E-state index in [1.807, 2.05) is 0 Å². The lowest BCUT2D eigenvalue weighted by Gasteiger charge is -2.53. The van der Waals surface area contributed by atoms with Gasteiger partial charge in [-0.1, -0.05) is 65.3 Å². The van der Waals surface area contributed by atoms with Gasteiger partial charge in [0.2, 0.25) is 0 Å². The van der Waals surface area contributed by atoms with Crippen molar-refractivity contribution < 1.29 is 0 Å². The van der Waals surface area contributed by atoms with Crippen LogP contribution in [0.5, 0.6) is 0 Å². The molecule has 0 saturated carbocycles. The van der Waals surface area contributed by atoms with E-state index in [0.29, 0.717) is 10.8 Å². The molecule has 0 aromatic rings. The van der Waals surface area contributed by atoms with Crippen LogP contribution in [-0.4, -0.2) is 0 Å². The van der Waals surface area contributed by atoms with Crippen molar-refractivity contribution >= 4 is 0 Å². The Labute approximate surface area is 95.5 Å². The zero-order chi connectivity index (χ0) is 11.9. The second-order valence-electron chi connectivity index (χ2n) is 7.02. The van der Waals surface area contributed by atoms with E-state index >= 15 is 0 Å². The number of hydrogen-bond donors (Lipinski definition) is 0. The van der Waals surface area contributed by atoms with Crippen molar-refractivity contribution in [2.75, 3.05) is 0 Å². The Kier molecular flexibility index (Phi) is 2.93. The molecule has 0 N–H and O–H groups in total. The first-order valence-corrected chi connectivity index (χ1v) is 5.95. The highest BCUT2D eigenvalue weighted by atomic mass is 14.5. The standard InChI is InChI=1S/C15H26/c1-12-9-8-10-15(11-12,13(2,3)4)14(5,6)7/h8-10H,11H2,1-7H3. The van der Waals surface area contributed by atoms with Crippen LogP contribution in [0.3, 0.4) is 0 Å². The normalized spacial score (nSPS) is 21.4. The van der Waals surface area contributed by atoms with E-state index in [1.54, 1.807) is 0 Å². The van der Waals surface area contributed by atoms with Crippen LogP contribution >= 0.6 is 0 Å². The van der Waals surface area contributed by atoms with Crippen molar-refractivity contribution in [3.63, 3.8) is 0 Å². The lowest BCUT2D eigenvalue weighted by Crippen LogP contribution is -2.45. The monoisotopic (exact) mass is 206 g/mol. The molecule has 0 heterocycles. The molecule has 0 atom stereocenters. The molecule has 0 saturated heterocycles. The molecule has 0 nitrogen and oxygen atoms in total. The van der Waals surface area contributed by atoms with Gasteiger partial charge in [0, 0.05) is 5.41 Å². The number of allylic oxidation sites excluding steroid dienone is 4. The maximum Gasteiger partial charge on any atom is 0.00189 e. The average molecular weight is 206 g/mol. The molecule has 1 rings (SSSR count). The molecule has 86 valence electrons. The van der Waals surface area contributed by atoms with Crippen LogP contribution < -0.4 is 0 Å². The largest absolute Gasteiger partial charge is 0.0769 e. The fraction of sp³-hybridized carbons (Fsp3) is 0.733. The first-order chi connectivity index (χ1) is 6.60. The summed E-state index contributed by atoms with van der Waals surface area (Å²) >= 11 is 0. The summed E-state index contributed by atoms with van der Waals surface area (Å²) in [7, 11) is 0. The van der Waals surface area contributed by atoms with Crippen LogP contribution in [0.15, 0.2) is 23.8 Å². The van der Waals surface area contributed by atoms with E-state index in [2.05, 4.69) is 66.7 Å². The highest BCUT2D eigenvalue weighted by Crippen LogP contribution is 2.57. The Morgan fingerprint density at radius 1 is 1.00 bits per heavy atom. The fourth-order valence-corrected chi connectivity index (χ4v) is 3.09. The smallest absolute Gasteiger partial charge is 0.00189 e. The summed E-state index contributed by atoms with van der Waals surface area (Å²) in [4.78, 5) is 0. The first-order valence-electron chi connectivity index (χ1n) is 5.95. The van der Waals surface area contributed by atoms with Gasteiger partial charge in [-0.3, -0.25) is 0 Å². The van der Waals surface area contributed by atoms with Gasteiger partial charge in [0.25, 0.3) is 0 Å². The summed E-state index contributed by atoms with van der Waals surface area (Å²) in [5, 5.41) is 0. The summed E-state index contributed by atoms with van der Waals surface area (Å²) in [6.07, 6.45) is 8.11. The van der Waals surface area contributed by atoms with Gasteiger partial charge >= 0.3 is 0 Å². The Hall–Kier alpha value is -0.520. The van der Waals surface area contributed by atoms with E-state index < -0.39 is 0 Å². The summed E-state index contributed by atoms with van der Waals surface area (Å²) in [6.45, 7) is 16.4. The topological polar surface area (TPSA) is 0 Å². The molecule has 0 unspecified atom stereocenters. The minimum Gasteiger partial charge on any atom is -0.0769 e. The Bertz CT molecular complexity index is 275. The third-order valence-corrected chi connectivity index (χ3v) is 4.00. The van der Waals surface area contributed by atoms with Crippen LogP contribution in [0.1, 0.15) is 54.9 Å². The molecule has 0 heteroatoms. The maximum absolute atomic E-state index is 2.43. The molecule has 0 aliphatic heterocycles. The van der Waals surface area contributed by atoms with E-state index in [1.165, 1.54) is 12.0 Å². The van der Waals surface area contributed by atoms with Gasteiger partial charge in [0.05, 0.1) is 0 Å². The minimum absolute atomic E-state index is 0.277. The molecular formula is C15H26. The summed E-state index contributed by atoms with van der Waals surface area (Å²) in [6, 6.07) is 0. The third kappa shape index (κ3) is 2.04. The second kappa shape index (κ2) is 3.50. The Morgan fingerprint density at radius 3 is 1.73 bits per heavy atom. The van der Waals surface area contributed by atoms with Crippen LogP contribution in [0.4, 0.5) is 0 Å². The summed E-state index contributed by atoms with van der Waals surface area (Å²) < 4.78 is 0. The van der Waals surface area contributed by atoms with Gasteiger partial charge in [-0.25, -0.2) is 0 Å². The molecule has 0 amide bonds. The van der Waals surface area contributed by atoms with E-state index in [0.717, 1.165) is 0 Å². The predicted molar refractivity (Wildman–Crippen MR) is 68.9 cm³/mol. The molecule has 0 radical (unpaired) electrons. The number of rotatable bonds is 0. The SMILES string of the molecule is CC1=CC=CC(C(C)(C)C)(C(C)(C)C)C1. The van der Waals surface area contributed by atoms with Gasteiger partial charge in [-0.15, -0.1) is 0 Å². The van der Waals surface area contributed by atoms with Gasteiger partial charge in [-0.05, 0) is 24.2 Å². The molecular weight excluding hydrogens is 180 g/mol. The van der Waals surface area contributed by atoms with E-state index in [4.69, 9.17) is 0 Å². The van der Waals surface area contributed by atoms with Gasteiger partial charge in [-0.2, -0.15) is 0 Å². The molecule has 1 aliphatic rings. The molecule has 0 bridgehead atoms. The van der Waals surface area contributed by atoms with Crippen LogP contribution in [0.25, 0.3) is 0 Å². The van der Waals surface area contributed by atoms with Crippen molar-refractivity contribution in [1.82, 2.24) is 0 Å². The second-order valence-corrected chi connectivity index (χ2v) is 7.02. The van der Waals surface area contributed by atoms with E-state index in [9.17, 15) is 0 Å². The Balaban J connectivity index is 3.23. The molecule has 15 heavy (non-hydrogen) atoms. The predicted octanol–water partition coefficient (Wildman–Crippen LogP) is 4.97.